The Morgan fingerprint density at radius 3 is 2.33 bits per heavy atom. The molecule has 0 aromatic heterocycles. The fraction of sp³-hybridized carbons (Fsp3) is 0.700. The van der Waals surface area contributed by atoms with Gasteiger partial charge in [0.1, 0.15) is 0 Å². The molecule has 0 spiro atoms. The van der Waals surface area contributed by atoms with Crippen LogP contribution in [0.4, 0.5) is 0 Å². The Kier molecular flexibility index (Phi) is 5.14. The van der Waals surface area contributed by atoms with E-state index in [4.69, 9.17) is 0 Å². The van der Waals surface area contributed by atoms with Crippen molar-refractivity contribution >= 4 is 0 Å². The van der Waals surface area contributed by atoms with E-state index >= 15 is 0 Å². The Balaban J connectivity index is 2.21. The minimum atomic E-state index is 0.352. The van der Waals surface area contributed by atoms with Gasteiger partial charge >= 0.3 is 0 Å². The third-order valence-electron chi connectivity index (χ3n) is 5.76. The van der Waals surface area contributed by atoms with Crippen LogP contribution in [0.2, 0.25) is 0 Å². The number of rotatable bonds is 4. The van der Waals surface area contributed by atoms with E-state index in [2.05, 4.69) is 65.2 Å². The lowest BCUT2D eigenvalue weighted by molar-refractivity contribution is 0.0978. The number of hydrogen-bond donors (Lipinski definition) is 1. The lowest BCUT2D eigenvalue weighted by Gasteiger charge is -2.44. The second kappa shape index (κ2) is 6.52. The molecule has 118 valence electrons. The normalized spacial score (nSPS) is 26.9. The zero-order chi connectivity index (χ0) is 15.6. The van der Waals surface area contributed by atoms with Crippen LogP contribution in [0.15, 0.2) is 18.2 Å². The number of aryl methyl sites for hydroxylation is 2. The van der Waals surface area contributed by atoms with Crippen LogP contribution >= 0.6 is 0 Å². The second-order valence-electron chi connectivity index (χ2n) is 7.96. The zero-order valence-corrected chi connectivity index (χ0v) is 14.8. The van der Waals surface area contributed by atoms with Gasteiger partial charge in [-0.25, -0.2) is 0 Å². The first-order valence-corrected chi connectivity index (χ1v) is 8.57. The summed E-state index contributed by atoms with van der Waals surface area (Å²) in [5.41, 5.74) is 4.82. The van der Waals surface area contributed by atoms with Crippen molar-refractivity contribution in [3.05, 3.63) is 34.9 Å². The molecule has 1 heteroatoms. The lowest BCUT2D eigenvalue weighted by atomic mass is 9.64. The quantitative estimate of drug-likeness (QED) is 0.831. The summed E-state index contributed by atoms with van der Waals surface area (Å²) < 4.78 is 0. The maximum atomic E-state index is 3.61. The molecule has 1 aliphatic carbocycles. The Hall–Kier alpha value is -0.820. The van der Waals surface area contributed by atoms with Crippen LogP contribution in [0.25, 0.3) is 0 Å². The van der Waals surface area contributed by atoms with E-state index in [1.165, 1.54) is 36.8 Å². The highest BCUT2D eigenvalue weighted by atomic mass is 14.9. The van der Waals surface area contributed by atoms with E-state index in [9.17, 15) is 0 Å². The molecule has 21 heavy (non-hydrogen) atoms. The SMILES string of the molecule is CNC1CC(C)CCC1C(C)(C)Cc1c(C)cccc1C. The molecular formula is C20H33N. The summed E-state index contributed by atoms with van der Waals surface area (Å²) in [7, 11) is 2.14. The minimum Gasteiger partial charge on any atom is -0.317 e. The molecule has 0 aliphatic heterocycles. The van der Waals surface area contributed by atoms with Crippen LogP contribution in [-0.2, 0) is 6.42 Å². The maximum absolute atomic E-state index is 3.61. The molecule has 3 unspecified atom stereocenters. The fourth-order valence-corrected chi connectivity index (χ4v) is 4.35. The largest absolute Gasteiger partial charge is 0.317 e. The van der Waals surface area contributed by atoms with E-state index in [0.29, 0.717) is 11.5 Å². The Morgan fingerprint density at radius 1 is 1.14 bits per heavy atom. The third kappa shape index (κ3) is 3.69. The maximum Gasteiger partial charge on any atom is 0.0100 e. The molecule has 1 fully saturated rings. The van der Waals surface area contributed by atoms with Crippen LogP contribution in [0, 0.1) is 31.1 Å². The zero-order valence-electron chi connectivity index (χ0n) is 14.8. The molecule has 1 aliphatic rings. The van der Waals surface area contributed by atoms with E-state index in [1.54, 1.807) is 5.56 Å². The lowest BCUT2D eigenvalue weighted by Crippen LogP contribution is -2.46. The van der Waals surface area contributed by atoms with Crippen molar-refractivity contribution in [1.82, 2.24) is 5.32 Å². The number of hydrogen-bond acceptors (Lipinski definition) is 1. The van der Waals surface area contributed by atoms with Crippen molar-refractivity contribution < 1.29 is 0 Å². The molecule has 3 atom stereocenters. The summed E-state index contributed by atoms with van der Waals surface area (Å²) in [6.07, 6.45) is 5.28. The van der Waals surface area contributed by atoms with E-state index in [0.717, 1.165) is 11.8 Å². The van der Waals surface area contributed by atoms with Crippen LogP contribution in [0.5, 0.6) is 0 Å². The van der Waals surface area contributed by atoms with Gasteiger partial charge < -0.3 is 5.32 Å². The van der Waals surface area contributed by atoms with Gasteiger partial charge in [0.25, 0.3) is 0 Å². The standard InChI is InChI=1S/C20H33N/c1-14-10-11-18(19(12-14)21-6)20(4,5)13-17-15(2)8-7-9-16(17)3/h7-9,14,18-19,21H,10-13H2,1-6H3. The summed E-state index contributed by atoms with van der Waals surface area (Å²) in [5, 5.41) is 3.61. The first kappa shape index (κ1) is 16.5. The summed E-state index contributed by atoms with van der Waals surface area (Å²) in [6.45, 7) is 11.9. The molecule has 1 aromatic carbocycles. The summed E-state index contributed by atoms with van der Waals surface area (Å²) in [5.74, 6) is 1.65. The highest BCUT2D eigenvalue weighted by Gasteiger charge is 2.38. The van der Waals surface area contributed by atoms with Gasteiger partial charge in [-0.2, -0.15) is 0 Å². The molecule has 1 aromatic rings. The predicted octanol–water partition coefficient (Wildman–Crippen LogP) is 4.90. The molecular weight excluding hydrogens is 254 g/mol. The van der Waals surface area contributed by atoms with Crippen molar-refractivity contribution in [3.8, 4) is 0 Å². The number of benzene rings is 1. The molecule has 1 saturated carbocycles. The molecule has 0 amide bonds. The monoisotopic (exact) mass is 287 g/mol. The summed E-state index contributed by atoms with van der Waals surface area (Å²) in [4.78, 5) is 0. The van der Waals surface area contributed by atoms with Gasteiger partial charge in [-0.1, -0.05) is 45.4 Å². The molecule has 0 radical (unpaired) electrons. The van der Waals surface area contributed by atoms with Crippen molar-refractivity contribution in [1.29, 1.82) is 0 Å². The molecule has 1 nitrogen and oxygen atoms in total. The first-order valence-electron chi connectivity index (χ1n) is 8.57. The van der Waals surface area contributed by atoms with Gasteiger partial charge in [0.2, 0.25) is 0 Å². The highest BCUT2D eigenvalue weighted by Crippen LogP contribution is 2.42. The van der Waals surface area contributed by atoms with E-state index in [1.807, 2.05) is 0 Å². The van der Waals surface area contributed by atoms with Gasteiger partial charge in [0.15, 0.2) is 0 Å². The Bertz CT molecular complexity index is 454. The van der Waals surface area contributed by atoms with Crippen molar-refractivity contribution in [3.63, 3.8) is 0 Å². The molecule has 0 bridgehead atoms. The fourth-order valence-electron chi connectivity index (χ4n) is 4.35. The topological polar surface area (TPSA) is 12.0 Å². The van der Waals surface area contributed by atoms with Crippen molar-refractivity contribution in [2.24, 2.45) is 17.3 Å². The summed E-state index contributed by atoms with van der Waals surface area (Å²) >= 11 is 0. The van der Waals surface area contributed by atoms with Crippen LogP contribution < -0.4 is 5.32 Å². The highest BCUT2D eigenvalue weighted by molar-refractivity contribution is 5.34. The molecule has 0 heterocycles. The average Bonchev–Trinajstić information content (AvgIpc) is 2.42. The second-order valence-corrected chi connectivity index (χ2v) is 7.96. The van der Waals surface area contributed by atoms with E-state index < -0.39 is 0 Å². The molecule has 0 saturated heterocycles. The smallest absolute Gasteiger partial charge is 0.0100 e. The van der Waals surface area contributed by atoms with Crippen LogP contribution in [-0.4, -0.2) is 13.1 Å². The van der Waals surface area contributed by atoms with Gasteiger partial charge in [-0.3, -0.25) is 0 Å². The van der Waals surface area contributed by atoms with Gasteiger partial charge in [-0.05, 0) is 74.1 Å². The third-order valence-corrected chi connectivity index (χ3v) is 5.76. The predicted molar refractivity (Wildman–Crippen MR) is 92.8 cm³/mol. The summed E-state index contributed by atoms with van der Waals surface area (Å²) in [6, 6.07) is 7.38. The van der Waals surface area contributed by atoms with Gasteiger partial charge in [0, 0.05) is 6.04 Å². The molecule has 1 N–H and O–H groups in total. The molecule has 2 rings (SSSR count). The minimum absolute atomic E-state index is 0.352. The first-order chi connectivity index (χ1) is 9.85. The van der Waals surface area contributed by atoms with Crippen molar-refractivity contribution in [2.75, 3.05) is 7.05 Å². The van der Waals surface area contributed by atoms with E-state index in [-0.39, 0.29) is 0 Å². The van der Waals surface area contributed by atoms with Crippen LogP contribution in [0.3, 0.4) is 0 Å². The Morgan fingerprint density at radius 2 is 1.76 bits per heavy atom. The van der Waals surface area contributed by atoms with Crippen LogP contribution in [0.1, 0.15) is 56.7 Å². The average molecular weight is 287 g/mol. The number of nitrogens with one attached hydrogen (secondary N) is 1. The van der Waals surface area contributed by atoms with Gasteiger partial charge in [-0.15, -0.1) is 0 Å². The van der Waals surface area contributed by atoms with Gasteiger partial charge in [0.05, 0.1) is 0 Å². The van der Waals surface area contributed by atoms with Crippen molar-refractivity contribution in [2.45, 2.75) is 66.3 Å². The Labute approximate surface area is 131 Å².